The lowest BCUT2D eigenvalue weighted by molar-refractivity contribution is -0.155. The summed E-state index contributed by atoms with van der Waals surface area (Å²) in [5.41, 5.74) is -2.14. The van der Waals surface area contributed by atoms with Gasteiger partial charge in [-0.3, -0.25) is 4.79 Å². The number of methoxy groups -OCH3 is 1. The molecule has 0 N–H and O–H groups in total. The van der Waals surface area contributed by atoms with Crippen LogP contribution in [-0.2, 0) is 39.8 Å². The minimum Gasteiger partial charge on any atom is -0.469 e. The molecule has 2 aromatic rings. The second-order valence-electron chi connectivity index (χ2n) is 13.9. The number of carbonyl (C=O) groups is 1. The van der Waals surface area contributed by atoms with E-state index in [0.29, 0.717) is 0 Å². The first-order valence-electron chi connectivity index (χ1n) is 14.4. The molecule has 2 aliphatic heterocycles. The Morgan fingerprint density at radius 1 is 0.805 bits per heavy atom. The van der Waals surface area contributed by atoms with Crippen molar-refractivity contribution >= 4 is 20.2 Å². The lowest BCUT2D eigenvalue weighted by Gasteiger charge is -2.48. The molecule has 0 aromatic heterocycles. The molecule has 2 aliphatic rings. The van der Waals surface area contributed by atoms with Gasteiger partial charge in [0.15, 0.2) is 0 Å². The molecule has 2 heterocycles. The summed E-state index contributed by atoms with van der Waals surface area (Å²) in [4.78, 5) is 13.9. The molecule has 0 bridgehead atoms. The molecule has 0 amide bonds. The first kappa shape index (κ1) is 31.7. The highest BCUT2D eigenvalue weighted by Crippen LogP contribution is 2.56. The van der Waals surface area contributed by atoms with Crippen molar-refractivity contribution in [3.8, 4) is 0 Å². The van der Waals surface area contributed by atoms with Crippen LogP contribution in [0.1, 0.15) is 80.4 Å². The van der Waals surface area contributed by atoms with E-state index in [1.54, 1.807) is 12.1 Å². The fourth-order valence-corrected chi connectivity index (χ4v) is 6.03. The maximum atomic E-state index is 13.9. The SMILES string of the molecule is COC(=O)[C@](C)(Cc1ccc(F)cc1)[C@@H](C)C(B1OC(C)(C)C(C)(C)O1)(B1OC(C)(C)C(C)(C)O1)c1ccccc1. The van der Waals surface area contributed by atoms with E-state index in [-0.39, 0.29) is 12.2 Å². The van der Waals surface area contributed by atoms with Crippen molar-refractivity contribution in [1.82, 2.24) is 0 Å². The minimum atomic E-state index is -1.14. The van der Waals surface area contributed by atoms with Gasteiger partial charge < -0.3 is 23.4 Å². The Labute approximate surface area is 245 Å². The largest absolute Gasteiger partial charge is 0.469 e. The number of hydrogen-bond acceptors (Lipinski definition) is 6. The molecule has 0 saturated carbocycles. The molecule has 2 saturated heterocycles. The molecular weight excluding hydrogens is 521 g/mol. The van der Waals surface area contributed by atoms with Gasteiger partial charge >= 0.3 is 20.2 Å². The topological polar surface area (TPSA) is 63.2 Å². The van der Waals surface area contributed by atoms with Gasteiger partial charge in [0.25, 0.3) is 0 Å². The quantitative estimate of drug-likeness (QED) is 0.273. The smallest absolute Gasteiger partial charge is 0.467 e. The number of carbonyl (C=O) groups excluding carboxylic acids is 1. The van der Waals surface area contributed by atoms with Gasteiger partial charge in [0, 0.05) is 0 Å². The Bertz CT molecular complexity index is 1180. The van der Waals surface area contributed by atoms with Gasteiger partial charge in [-0.1, -0.05) is 49.4 Å². The highest BCUT2D eigenvalue weighted by Gasteiger charge is 2.74. The zero-order valence-corrected chi connectivity index (χ0v) is 26.5. The van der Waals surface area contributed by atoms with Crippen molar-refractivity contribution in [3.05, 3.63) is 71.5 Å². The van der Waals surface area contributed by atoms with Gasteiger partial charge in [0.1, 0.15) is 5.82 Å². The first-order valence-corrected chi connectivity index (χ1v) is 14.4. The number of benzene rings is 2. The average Bonchev–Trinajstić information content (AvgIpc) is 3.25. The fourth-order valence-electron chi connectivity index (χ4n) is 6.03. The van der Waals surface area contributed by atoms with Crippen molar-refractivity contribution in [2.45, 2.75) is 103 Å². The third-order valence-corrected chi connectivity index (χ3v) is 10.4. The molecule has 2 aromatic carbocycles. The normalized spacial score (nSPS) is 23.2. The zero-order valence-electron chi connectivity index (χ0n) is 26.5. The minimum absolute atomic E-state index is 0.286. The summed E-state index contributed by atoms with van der Waals surface area (Å²) >= 11 is 0. The maximum absolute atomic E-state index is 13.9. The van der Waals surface area contributed by atoms with Crippen LogP contribution < -0.4 is 0 Å². The van der Waals surface area contributed by atoms with Crippen LogP contribution in [0.4, 0.5) is 4.39 Å². The highest BCUT2D eigenvalue weighted by molar-refractivity contribution is 6.71. The number of esters is 1. The Balaban J connectivity index is 2.01. The number of rotatable bonds is 8. The van der Waals surface area contributed by atoms with Gasteiger partial charge in [-0.15, -0.1) is 0 Å². The molecule has 2 atom stereocenters. The summed E-state index contributed by atoms with van der Waals surface area (Å²) in [6, 6.07) is 16.1. The van der Waals surface area contributed by atoms with Gasteiger partial charge in [-0.05, 0) is 97.9 Å². The molecule has 222 valence electrons. The molecule has 9 heteroatoms. The first-order chi connectivity index (χ1) is 18.8. The molecule has 2 fully saturated rings. The summed E-state index contributed by atoms with van der Waals surface area (Å²) in [5.74, 6) is -1.27. The third-order valence-electron chi connectivity index (χ3n) is 10.4. The summed E-state index contributed by atoms with van der Waals surface area (Å²) in [6.07, 6.45) is 0.286. The van der Waals surface area contributed by atoms with Gasteiger partial charge in [0.05, 0.1) is 40.1 Å². The summed E-state index contributed by atoms with van der Waals surface area (Å²) in [6.45, 7) is 20.0. The molecular formula is C32H45B2FO6. The van der Waals surface area contributed by atoms with E-state index in [4.69, 9.17) is 23.4 Å². The van der Waals surface area contributed by atoms with Gasteiger partial charge in [0.2, 0.25) is 0 Å². The van der Waals surface area contributed by atoms with Crippen molar-refractivity contribution in [3.63, 3.8) is 0 Å². The van der Waals surface area contributed by atoms with Crippen LogP contribution in [0, 0.1) is 17.2 Å². The monoisotopic (exact) mass is 566 g/mol. The molecule has 4 rings (SSSR count). The summed E-state index contributed by atoms with van der Waals surface area (Å²) < 4.78 is 46.7. The highest BCUT2D eigenvalue weighted by atomic mass is 19.1. The van der Waals surface area contributed by atoms with E-state index in [2.05, 4.69) is 0 Å². The van der Waals surface area contributed by atoms with Crippen molar-refractivity contribution in [2.24, 2.45) is 11.3 Å². The van der Waals surface area contributed by atoms with Gasteiger partial charge in [-0.25, -0.2) is 4.39 Å². The van der Waals surface area contributed by atoms with E-state index in [1.807, 2.05) is 99.6 Å². The van der Waals surface area contributed by atoms with Crippen LogP contribution in [0.5, 0.6) is 0 Å². The Kier molecular flexibility index (Phi) is 8.14. The fraction of sp³-hybridized carbons (Fsp3) is 0.594. The predicted octanol–water partition coefficient (Wildman–Crippen LogP) is 6.38. The Morgan fingerprint density at radius 3 is 1.61 bits per heavy atom. The molecule has 6 nitrogen and oxygen atoms in total. The van der Waals surface area contributed by atoms with Crippen LogP contribution in [0.2, 0.25) is 0 Å². The van der Waals surface area contributed by atoms with Crippen LogP contribution in [0.15, 0.2) is 54.6 Å². The summed E-state index contributed by atoms with van der Waals surface area (Å²) in [5, 5.41) is -1.14. The van der Waals surface area contributed by atoms with Crippen molar-refractivity contribution in [2.75, 3.05) is 7.11 Å². The van der Waals surface area contributed by atoms with Crippen LogP contribution >= 0.6 is 0 Å². The molecule has 0 aliphatic carbocycles. The van der Waals surface area contributed by atoms with E-state index >= 15 is 0 Å². The number of halogens is 1. The average molecular weight is 566 g/mol. The zero-order chi connectivity index (χ0) is 30.6. The van der Waals surface area contributed by atoms with Crippen LogP contribution in [0.25, 0.3) is 0 Å². The number of hydrogen-bond donors (Lipinski definition) is 0. The van der Waals surface area contributed by atoms with E-state index in [1.165, 1.54) is 19.2 Å². The Hall–Kier alpha value is -2.19. The molecule has 41 heavy (non-hydrogen) atoms. The lowest BCUT2D eigenvalue weighted by atomic mass is 9.30. The summed E-state index contributed by atoms with van der Waals surface area (Å²) in [7, 11) is -0.306. The predicted molar refractivity (Wildman–Crippen MR) is 160 cm³/mol. The lowest BCUT2D eigenvalue weighted by Crippen LogP contribution is -2.66. The maximum Gasteiger partial charge on any atom is 0.467 e. The number of ether oxygens (including phenoxy) is 1. The van der Waals surface area contributed by atoms with Crippen molar-refractivity contribution < 1.29 is 32.5 Å². The molecule has 0 spiro atoms. The molecule has 0 radical (unpaired) electrons. The van der Waals surface area contributed by atoms with Crippen LogP contribution in [-0.4, -0.2) is 49.7 Å². The second kappa shape index (κ2) is 10.5. The standard InChI is InChI=1S/C32H45B2FO6/c1-22(31(10,26(36)37-11)21-23-17-19-25(35)20-18-23)32(24-15-13-12-14-16-24,33-38-27(2,3)28(4,5)39-33)34-40-29(6,7)30(8,9)41-34/h12-20,22H,21H2,1-11H3/t22-,31-/m1/s1. The van der Waals surface area contributed by atoms with Crippen LogP contribution in [0.3, 0.4) is 0 Å². The van der Waals surface area contributed by atoms with Crippen molar-refractivity contribution in [1.29, 1.82) is 0 Å². The van der Waals surface area contributed by atoms with Gasteiger partial charge in [-0.2, -0.15) is 0 Å². The second-order valence-corrected chi connectivity index (χ2v) is 13.9. The third kappa shape index (κ3) is 5.17. The van der Waals surface area contributed by atoms with E-state index < -0.39 is 59.2 Å². The van der Waals surface area contributed by atoms with E-state index in [0.717, 1.165) is 11.1 Å². The Morgan fingerprint density at radius 2 is 1.22 bits per heavy atom. The molecule has 0 unspecified atom stereocenters. The van der Waals surface area contributed by atoms with E-state index in [9.17, 15) is 9.18 Å².